The number of aromatic nitrogens is 5. The predicted octanol–water partition coefficient (Wildman–Crippen LogP) is 2.58. The van der Waals surface area contributed by atoms with E-state index in [1.54, 1.807) is 6.07 Å². The van der Waals surface area contributed by atoms with Gasteiger partial charge in [-0.05, 0) is 24.6 Å². The molecule has 3 aromatic heterocycles. The Hall–Kier alpha value is -2.98. The second-order valence-corrected chi connectivity index (χ2v) is 6.21. The van der Waals surface area contributed by atoms with Crippen molar-refractivity contribution < 1.29 is 22.3 Å². The molecule has 7 nitrogen and oxygen atoms in total. The minimum Gasteiger partial charge on any atom is -0.477 e. The summed E-state index contributed by atoms with van der Waals surface area (Å²) >= 11 is 0. The van der Waals surface area contributed by atoms with Crippen LogP contribution in [0.2, 0.25) is 0 Å². The maximum Gasteiger partial charge on any atom is 0.453 e. The van der Waals surface area contributed by atoms with Crippen LogP contribution in [0, 0.1) is 11.7 Å². The summed E-state index contributed by atoms with van der Waals surface area (Å²) in [7, 11) is 0. The summed E-state index contributed by atoms with van der Waals surface area (Å²) < 4.78 is 58.1. The summed E-state index contributed by atoms with van der Waals surface area (Å²) in [6, 6.07) is 5.79. The van der Waals surface area contributed by atoms with E-state index >= 15 is 0 Å². The number of anilines is 1. The van der Waals surface area contributed by atoms with Crippen LogP contribution in [0.5, 0.6) is 5.88 Å². The Bertz CT molecular complexity index is 942. The average molecular weight is 382 g/mol. The molecule has 142 valence electrons. The quantitative estimate of drug-likeness (QED) is 0.646. The lowest BCUT2D eigenvalue weighted by atomic mass is 10.1. The van der Waals surface area contributed by atoms with E-state index in [4.69, 9.17) is 4.74 Å². The van der Waals surface area contributed by atoms with Crippen molar-refractivity contribution in [2.75, 3.05) is 24.6 Å². The first-order chi connectivity index (χ1) is 12.9. The van der Waals surface area contributed by atoms with Crippen molar-refractivity contribution in [1.29, 1.82) is 0 Å². The van der Waals surface area contributed by atoms with Crippen LogP contribution in [0.1, 0.15) is 12.2 Å². The molecule has 0 aromatic carbocycles. The first-order valence-corrected chi connectivity index (χ1v) is 8.19. The lowest BCUT2D eigenvalue weighted by molar-refractivity contribution is -0.146. The van der Waals surface area contributed by atoms with Crippen LogP contribution in [0.3, 0.4) is 0 Å². The van der Waals surface area contributed by atoms with Gasteiger partial charge in [-0.2, -0.15) is 17.7 Å². The number of fused-ring (bicyclic) bond motifs is 1. The number of ether oxygens (including phenoxy) is 1. The molecule has 4 rings (SSSR count). The molecule has 27 heavy (non-hydrogen) atoms. The van der Waals surface area contributed by atoms with Crippen LogP contribution in [0.25, 0.3) is 5.65 Å². The second kappa shape index (κ2) is 6.63. The molecule has 1 saturated heterocycles. The Morgan fingerprint density at radius 3 is 2.74 bits per heavy atom. The number of nitrogens with zero attached hydrogens (tertiary/aromatic N) is 6. The Labute approximate surface area is 150 Å². The fourth-order valence-corrected chi connectivity index (χ4v) is 2.95. The van der Waals surface area contributed by atoms with Crippen LogP contribution in [0.4, 0.5) is 23.4 Å². The smallest absolute Gasteiger partial charge is 0.453 e. The first-order valence-electron chi connectivity index (χ1n) is 8.19. The fourth-order valence-electron chi connectivity index (χ4n) is 2.95. The normalized spacial score (nSPS) is 17.6. The molecule has 0 bridgehead atoms. The van der Waals surface area contributed by atoms with Gasteiger partial charge in [-0.1, -0.05) is 0 Å². The Kier molecular flexibility index (Phi) is 4.28. The van der Waals surface area contributed by atoms with E-state index in [2.05, 4.69) is 20.3 Å². The molecule has 0 amide bonds. The van der Waals surface area contributed by atoms with Gasteiger partial charge < -0.3 is 9.64 Å². The van der Waals surface area contributed by atoms with Crippen molar-refractivity contribution in [3.63, 3.8) is 0 Å². The van der Waals surface area contributed by atoms with Crippen molar-refractivity contribution in [2.45, 2.75) is 12.6 Å². The highest BCUT2D eigenvalue weighted by molar-refractivity contribution is 5.46. The predicted molar refractivity (Wildman–Crippen MR) is 85.8 cm³/mol. The van der Waals surface area contributed by atoms with Gasteiger partial charge in [0.05, 0.1) is 12.8 Å². The highest BCUT2D eigenvalue weighted by atomic mass is 19.4. The van der Waals surface area contributed by atoms with Gasteiger partial charge in [0.25, 0.3) is 5.82 Å². The molecular formula is C16H14F4N6O. The SMILES string of the molecule is Fc1ccc(OCC2CCN(c3ccc4nnc(C(F)(F)F)n4n3)C2)nc1. The zero-order valence-electron chi connectivity index (χ0n) is 13.9. The van der Waals surface area contributed by atoms with E-state index in [-0.39, 0.29) is 11.6 Å². The van der Waals surface area contributed by atoms with Gasteiger partial charge in [0, 0.05) is 25.1 Å². The Morgan fingerprint density at radius 1 is 1.15 bits per heavy atom. The molecule has 0 spiro atoms. The molecule has 4 heterocycles. The summed E-state index contributed by atoms with van der Waals surface area (Å²) in [4.78, 5) is 5.71. The lowest BCUT2D eigenvalue weighted by Crippen LogP contribution is -2.24. The summed E-state index contributed by atoms with van der Waals surface area (Å²) in [6.45, 7) is 1.58. The van der Waals surface area contributed by atoms with Crippen LogP contribution in [0.15, 0.2) is 30.5 Å². The third kappa shape index (κ3) is 3.62. The minimum atomic E-state index is -4.63. The number of hydrogen-bond donors (Lipinski definition) is 0. The van der Waals surface area contributed by atoms with Crippen LogP contribution < -0.4 is 9.64 Å². The van der Waals surface area contributed by atoms with Crippen molar-refractivity contribution in [1.82, 2.24) is 24.8 Å². The molecule has 1 atom stereocenters. The van der Waals surface area contributed by atoms with Crippen molar-refractivity contribution in [2.24, 2.45) is 5.92 Å². The van der Waals surface area contributed by atoms with E-state index in [9.17, 15) is 17.6 Å². The van der Waals surface area contributed by atoms with Gasteiger partial charge in [0.15, 0.2) is 5.65 Å². The first kappa shape index (κ1) is 17.4. The molecule has 0 N–H and O–H groups in total. The number of pyridine rings is 1. The van der Waals surface area contributed by atoms with E-state index in [0.29, 0.717) is 35.9 Å². The van der Waals surface area contributed by atoms with Crippen molar-refractivity contribution >= 4 is 11.5 Å². The molecule has 1 unspecified atom stereocenters. The molecule has 0 aliphatic carbocycles. The van der Waals surface area contributed by atoms with Gasteiger partial charge in [0.1, 0.15) is 11.6 Å². The highest BCUT2D eigenvalue weighted by Gasteiger charge is 2.38. The third-order valence-corrected chi connectivity index (χ3v) is 4.28. The van der Waals surface area contributed by atoms with Gasteiger partial charge in [-0.25, -0.2) is 9.37 Å². The molecule has 3 aromatic rings. The largest absolute Gasteiger partial charge is 0.477 e. The third-order valence-electron chi connectivity index (χ3n) is 4.28. The van der Waals surface area contributed by atoms with E-state index in [1.165, 1.54) is 18.2 Å². The minimum absolute atomic E-state index is 0.0348. The van der Waals surface area contributed by atoms with Gasteiger partial charge >= 0.3 is 6.18 Å². The van der Waals surface area contributed by atoms with E-state index < -0.39 is 17.8 Å². The molecule has 0 radical (unpaired) electrons. The van der Waals surface area contributed by atoms with E-state index in [0.717, 1.165) is 12.6 Å². The Morgan fingerprint density at radius 2 is 2.00 bits per heavy atom. The number of hydrogen-bond acceptors (Lipinski definition) is 6. The highest BCUT2D eigenvalue weighted by Crippen LogP contribution is 2.29. The maximum absolute atomic E-state index is 13.0. The standard InChI is InChI=1S/C16H14F4N6O/c17-11-1-4-14(21-7-11)27-9-10-5-6-25(8-10)13-3-2-12-22-23-15(16(18,19)20)26(12)24-13/h1-4,7,10H,5-6,8-9H2. The Balaban J connectivity index is 1.44. The summed E-state index contributed by atoms with van der Waals surface area (Å²) in [5.41, 5.74) is 0.0348. The molecule has 1 fully saturated rings. The van der Waals surface area contributed by atoms with Crippen LogP contribution >= 0.6 is 0 Å². The van der Waals surface area contributed by atoms with Crippen molar-refractivity contribution in [3.8, 4) is 5.88 Å². The zero-order chi connectivity index (χ0) is 19.0. The molecule has 11 heteroatoms. The van der Waals surface area contributed by atoms with Crippen molar-refractivity contribution in [3.05, 3.63) is 42.1 Å². The molecule has 1 aliphatic heterocycles. The average Bonchev–Trinajstić information content (AvgIpc) is 3.27. The second-order valence-electron chi connectivity index (χ2n) is 6.21. The maximum atomic E-state index is 13.0. The van der Waals surface area contributed by atoms with E-state index in [1.807, 2.05) is 4.90 Å². The van der Waals surface area contributed by atoms with Gasteiger partial charge in [-0.15, -0.1) is 15.3 Å². The topological polar surface area (TPSA) is 68.4 Å². The molecule has 1 aliphatic rings. The molecule has 0 saturated carbocycles. The zero-order valence-corrected chi connectivity index (χ0v) is 13.9. The summed E-state index contributed by atoms with van der Waals surface area (Å²) in [6.07, 6.45) is -2.77. The number of alkyl halides is 3. The van der Waals surface area contributed by atoms with Crippen LogP contribution in [-0.2, 0) is 6.18 Å². The number of rotatable bonds is 4. The number of halogens is 4. The lowest BCUT2D eigenvalue weighted by Gasteiger charge is -2.17. The fraction of sp³-hybridized carbons (Fsp3) is 0.375. The summed E-state index contributed by atoms with van der Waals surface area (Å²) in [5, 5.41) is 10.7. The van der Waals surface area contributed by atoms with Gasteiger partial charge in [-0.3, -0.25) is 0 Å². The van der Waals surface area contributed by atoms with Gasteiger partial charge in [0.2, 0.25) is 5.88 Å². The monoisotopic (exact) mass is 382 g/mol. The van der Waals surface area contributed by atoms with Crippen LogP contribution in [-0.4, -0.2) is 44.5 Å². The summed E-state index contributed by atoms with van der Waals surface area (Å²) in [5.74, 6) is -0.704. The molecular weight excluding hydrogens is 368 g/mol.